The highest BCUT2D eigenvalue weighted by molar-refractivity contribution is 5.19. The zero-order chi connectivity index (χ0) is 21.0. The first-order valence-electron chi connectivity index (χ1n) is 13.3. The molecule has 3 rings (SSSR count). The van der Waals surface area contributed by atoms with Crippen molar-refractivity contribution >= 4 is 0 Å². The summed E-state index contributed by atoms with van der Waals surface area (Å²) in [7, 11) is 0. The van der Waals surface area contributed by atoms with Crippen LogP contribution in [0.4, 0.5) is 0 Å². The Hall–Kier alpha value is -1.05. The van der Waals surface area contributed by atoms with E-state index in [-0.39, 0.29) is 0 Å². The average Bonchev–Trinajstić information content (AvgIpc) is 2.79. The van der Waals surface area contributed by atoms with Crippen molar-refractivity contribution < 1.29 is 4.74 Å². The van der Waals surface area contributed by atoms with Crippen LogP contribution in [0.1, 0.15) is 116 Å². The van der Waals surface area contributed by atoms with Crippen LogP contribution in [-0.4, -0.2) is 11.6 Å². The van der Waals surface area contributed by atoms with Crippen molar-refractivity contribution in [2.75, 3.05) is 6.61 Å². The summed E-state index contributed by atoms with van der Waals surface area (Å²) in [6.45, 7) is 5.05. The maximum absolute atomic E-state index is 5.50. The molecule has 1 aromatic heterocycles. The van der Waals surface area contributed by atoms with Gasteiger partial charge in [0.05, 0.1) is 12.8 Å². The van der Waals surface area contributed by atoms with Gasteiger partial charge in [-0.15, -0.1) is 0 Å². The Morgan fingerprint density at radius 3 is 1.80 bits per heavy atom. The van der Waals surface area contributed by atoms with Gasteiger partial charge >= 0.3 is 0 Å². The van der Waals surface area contributed by atoms with Gasteiger partial charge in [0, 0.05) is 5.69 Å². The summed E-state index contributed by atoms with van der Waals surface area (Å²) in [6, 6.07) is 4.22. The zero-order valence-electron chi connectivity index (χ0n) is 19.9. The van der Waals surface area contributed by atoms with Crippen molar-refractivity contribution in [3.05, 3.63) is 24.0 Å². The van der Waals surface area contributed by atoms with Crippen molar-refractivity contribution in [2.45, 2.75) is 117 Å². The second-order valence-corrected chi connectivity index (χ2v) is 10.3. The zero-order valence-corrected chi connectivity index (χ0v) is 19.9. The lowest BCUT2D eigenvalue weighted by atomic mass is 9.74. The smallest absolute Gasteiger partial charge is 0.137 e. The molecule has 1 aromatic rings. The predicted molar refractivity (Wildman–Crippen MR) is 128 cm³/mol. The number of ether oxygens (including phenoxy) is 1. The molecule has 1 heterocycles. The van der Waals surface area contributed by atoms with Crippen molar-refractivity contribution in [3.63, 3.8) is 0 Å². The van der Waals surface area contributed by atoms with Crippen LogP contribution in [0.25, 0.3) is 0 Å². The summed E-state index contributed by atoms with van der Waals surface area (Å²) >= 11 is 0. The topological polar surface area (TPSA) is 22.1 Å². The fourth-order valence-electron chi connectivity index (χ4n) is 5.93. The van der Waals surface area contributed by atoms with E-state index in [1.807, 2.05) is 13.1 Å². The lowest BCUT2D eigenvalue weighted by Gasteiger charge is -2.32. The third kappa shape index (κ3) is 8.23. The minimum atomic E-state index is 0.713. The fourth-order valence-corrected chi connectivity index (χ4v) is 5.93. The van der Waals surface area contributed by atoms with E-state index in [1.165, 1.54) is 102 Å². The van der Waals surface area contributed by atoms with E-state index in [0.717, 1.165) is 35.8 Å². The fraction of sp³-hybridized carbons (Fsp3) is 0.821. The van der Waals surface area contributed by atoms with Gasteiger partial charge in [-0.05, 0) is 55.6 Å². The minimum absolute atomic E-state index is 0.713. The molecule has 170 valence electrons. The highest BCUT2D eigenvalue weighted by Crippen LogP contribution is 2.38. The number of hydrogen-bond donors (Lipinski definition) is 0. The third-order valence-electron chi connectivity index (χ3n) is 8.05. The molecule has 0 radical (unpaired) electrons. The van der Waals surface area contributed by atoms with E-state index < -0.39 is 0 Å². The number of pyridine rings is 1. The Kier molecular flexibility index (Phi) is 10.5. The number of unbranched alkanes of at least 4 members (excludes halogenated alkanes) is 2. The van der Waals surface area contributed by atoms with Crippen molar-refractivity contribution in [3.8, 4) is 5.75 Å². The Labute approximate surface area is 186 Å². The summed E-state index contributed by atoms with van der Waals surface area (Å²) in [4.78, 5) is 4.58. The van der Waals surface area contributed by atoms with Crippen molar-refractivity contribution in [1.82, 2.24) is 4.98 Å². The van der Waals surface area contributed by atoms with E-state index >= 15 is 0 Å². The number of nitrogens with zero attached hydrogens (tertiary/aromatic N) is 1. The first-order valence-corrected chi connectivity index (χ1v) is 13.3. The number of aryl methyl sites for hydroxylation is 1. The highest BCUT2D eigenvalue weighted by Gasteiger charge is 2.24. The summed E-state index contributed by atoms with van der Waals surface area (Å²) in [5.74, 6) is 4.95. The molecule has 0 aliphatic heterocycles. The molecule has 2 saturated carbocycles. The standard InChI is InChI=1S/C28H47NO/c1-3-5-6-7-23-8-10-24(11-9-23)12-13-25-14-16-26(17-15-25)18-19-27-20-21-28(22-29-27)30-4-2/h20-26H,3-19H2,1-2H3. The molecule has 0 atom stereocenters. The number of aromatic nitrogens is 1. The van der Waals surface area contributed by atoms with E-state index in [9.17, 15) is 0 Å². The van der Waals surface area contributed by atoms with Gasteiger partial charge in [0.1, 0.15) is 5.75 Å². The maximum Gasteiger partial charge on any atom is 0.137 e. The van der Waals surface area contributed by atoms with Crippen LogP contribution in [0.3, 0.4) is 0 Å². The Morgan fingerprint density at radius 2 is 1.30 bits per heavy atom. The lowest BCUT2D eigenvalue weighted by molar-refractivity contribution is 0.208. The van der Waals surface area contributed by atoms with E-state index in [4.69, 9.17) is 4.74 Å². The van der Waals surface area contributed by atoms with Crippen LogP contribution >= 0.6 is 0 Å². The van der Waals surface area contributed by atoms with E-state index in [2.05, 4.69) is 24.0 Å². The van der Waals surface area contributed by atoms with Crippen LogP contribution < -0.4 is 4.74 Å². The maximum atomic E-state index is 5.50. The minimum Gasteiger partial charge on any atom is -0.492 e. The predicted octanol–water partition coefficient (Wildman–Crippen LogP) is 8.39. The molecule has 30 heavy (non-hydrogen) atoms. The summed E-state index contributed by atoms with van der Waals surface area (Å²) < 4.78 is 5.50. The van der Waals surface area contributed by atoms with Gasteiger partial charge in [-0.2, -0.15) is 0 Å². The quantitative estimate of drug-likeness (QED) is 0.321. The molecule has 2 heteroatoms. The SMILES string of the molecule is CCCCCC1CCC(CCC2CCC(CCc3ccc(OCC)cn3)CC2)CC1. The van der Waals surface area contributed by atoms with Crippen molar-refractivity contribution in [2.24, 2.45) is 23.7 Å². The molecule has 0 N–H and O–H groups in total. The molecule has 2 aliphatic rings. The van der Waals surface area contributed by atoms with Gasteiger partial charge in [0.15, 0.2) is 0 Å². The van der Waals surface area contributed by atoms with Gasteiger partial charge in [-0.25, -0.2) is 0 Å². The Bertz CT molecular complexity index is 553. The normalized spacial score (nSPS) is 27.1. The first-order chi connectivity index (χ1) is 14.8. The van der Waals surface area contributed by atoms with Gasteiger partial charge in [0.2, 0.25) is 0 Å². The molecular formula is C28H47NO. The molecule has 0 saturated heterocycles. The molecule has 0 aromatic carbocycles. The van der Waals surface area contributed by atoms with E-state index in [0.29, 0.717) is 6.61 Å². The number of rotatable bonds is 12. The molecule has 2 aliphatic carbocycles. The van der Waals surface area contributed by atoms with Gasteiger partial charge in [-0.3, -0.25) is 4.98 Å². The monoisotopic (exact) mass is 413 g/mol. The lowest BCUT2D eigenvalue weighted by Crippen LogP contribution is -2.18. The van der Waals surface area contributed by atoms with Gasteiger partial charge < -0.3 is 4.74 Å². The highest BCUT2D eigenvalue weighted by atomic mass is 16.5. The van der Waals surface area contributed by atoms with Gasteiger partial charge in [-0.1, -0.05) is 96.8 Å². The van der Waals surface area contributed by atoms with Crippen LogP contribution in [0, 0.1) is 23.7 Å². The van der Waals surface area contributed by atoms with E-state index in [1.54, 1.807) is 0 Å². The van der Waals surface area contributed by atoms with Crippen LogP contribution in [0.15, 0.2) is 18.3 Å². The Morgan fingerprint density at radius 1 is 0.733 bits per heavy atom. The largest absolute Gasteiger partial charge is 0.492 e. The molecule has 0 unspecified atom stereocenters. The second kappa shape index (κ2) is 13.4. The molecule has 2 nitrogen and oxygen atoms in total. The average molecular weight is 414 g/mol. The van der Waals surface area contributed by atoms with Crippen LogP contribution in [0.2, 0.25) is 0 Å². The molecule has 0 spiro atoms. The molecular weight excluding hydrogens is 366 g/mol. The Balaban J connectivity index is 1.24. The molecule has 0 bridgehead atoms. The summed E-state index contributed by atoms with van der Waals surface area (Å²) in [6.07, 6.45) is 25.1. The first kappa shape index (κ1) is 23.6. The van der Waals surface area contributed by atoms with Crippen LogP contribution in [-0.2, 0) is 6.42 Å². The molecule has 0 amide bonds. The summed E-state index contributed by atoms with van der Waals surface area (Å²) in [5, 5.41) is 0. The van der Waals surface area contributed by atoms with Crippen molar-refractivity contribution in [1.29, 1.82) is 0 Å². The van der Waals surface area contributed by atoms with Crippen LogP contribution in [0.5, 0.6) is 5.75 Å². The third-order valence-corrected chi connectivity index (χ3v) is 8.05. The van der Waals surface area contributed by atoms with Gasteiger partial charge in [0.25, 0.3) is 0 Å². The number of hydrogen-bond acceptors (Lipinski definition) is 2. The second-order valence-electron chi connectivity index (χ2n) is 10.3. The molecule has 2 fully saturated rings. The summed E-state index contributed by atoms with van der Waals surface area (Å²) in [5.41, 5.74) is 1.23.